The maximum absolute atomic E-state index is 14.7. The Balaban J connectivity index is 1.56. The van der Waals surface area contributed by atoms with Crippen molar-refractivity contribution in [1.29, 1.82) is 0 Å². The summed E-state index contributed by atoms with van der Waals surface area (Å²) in [6.45, 7) is 0. The third kappa shape index (κ3) is 3.46. The summed E-state index contributed by atoms with van der Waals surface area (Å²) in [6, 6.07) is 19.8. The van der Waals surface area contributed by atoms with Gasteiger partial charge in [-0.05, 0) is 52.9 Å². The third-order valence-corrected chi connectivity index (χ3v) is 9.68. The van der Waals surface area contributed by atoms with Crippen LogP contribution in [0.3, 0.4) is 0 Å². The van der Waals surface area contributed by atoms with Gasteiger partial charge in [0, 0.05) is 27.8 Å². The summed E-state index contributed by atoms with van der Waals surface area (Å²) in [4.78, 5) is 46.5. The maximum Gasteiger partial charge on any atom is 0.195 e. The molecule has 0 bridgehead atoms. The van der Waals surface area contributed by atoms with Crippen LogP contribution in [0.1, 0.15) is 47.4 Å². The van der Waals surface area contributed by atoms with E-state index in [0.29, 0.717) is 38.1 Å². The number of ketones is 3. The zero-order chi connectivity index (χ0) is 28.5. The highest BCUT2D eigenvalue weighted by Crippen LogP contribution is 2.61. The van der Waals surface area contributed by atoms with E-state index >= 15 is 0 Å². The van der Waals surface area contributed by atoms with E-state index in [0.717, 1.165) is 11.3 Å². The van der Waals surface area contributed by atoms with E-state index in [1.165, 1.54) is 18.4 Å². The third-order valence-electron chi connectivity index (χ3n) is 8.57. The van der Waals surface area contributed by atoms with Gasteiger partial charge in [-0.25, -0.2) is 0 Å². The normalized spacial score (nSPS) is 21.5. The number of methoxy groups -OCH3 is 2. The van der Waals surface area contributed by atoms with Crippen LogP contribution < -0.4 is 14.4 Å². The van der Waals surface area contributed by atoms with Gasteiger partial charge in [-0.15, -0.1) is 11.3 Å². The number of hydrogen-bond donors (Lipinski definition) is 0. The number of rotatable bonds is 5. The van der Waals surface area contributed by atoms with Crippen LogP contribution in [0.4, 0.5) is 5.69 Å². The second-order valence-electron chi connectivity index (χ2n) is 10.4. The first-order chi connectivity index (χ1) is 19.9. The fourth-order valence-electron chi connectivity index (χ4n) is 6.93. The molecule has 3 aromatic carbocycles. The first-order valence-corrected chi connectivity index (χ1v) is 14.4. The lowest BCUT2D eigenvalue weighted by molar-refractivity contribution is 0.0666. The number of carbonyl (C=O) groups is 3. The van der Waals surface area contributed by atoms with Crippen molar-refractivity contribution < 1.29 is 23.9 Å². The SMILES string of the molecule is COc1ccc([C@@H]2[C@H](C(=O)c3cccs3)N3c4ccc(Cl)cc4C=C[C@@H]3C23C(=O)c2ccccc2C3=O)cc1OC. The number of halogens is 1. The minimum absolute atomic E-state index is 0.158. The van der Waals surface area contributed by atoms with Crippen molar-refractivity contribution in [2.75, 3.05) is 19.1 Å². The number of carbonyl (C=O) groups excluding carboxylic acids is 3. The van der Waals surface area contributed by atoms with E-state index in [1.54, 1.807) is 55.6 Å². The van der Waals surface area contributed by atoms with Crippen LogP contribution in [0.25, 0.3) is 6.08 Å². The molecule has 0 N–H and O–H groups in total. The largest absolute Gasteiger partial charge is 0.493 e. The highest BCUT2D eigenvalue weighted by molar-refractivity contribution is 7.12. The highest BCUT2D eigenvalue weighted by atomic mass is 35.5. The monoisotopic (exact) mass is 581 g/mol. The van der Waals surface area contributed by atoms with Crippen LogP contribution in [-0.4, -0.2) is 43.7 Å². The molecule has 6 nitrogen and oxygen atoms in total. The molecule has 41 heavy (non-hydrogen) atoms. The summed E-state index contributed by atoms with van der Waals surface area (Å²) in [6.07, 6.45) is 3.78. The number of nitrogens with zero attached hydrogens (tertiary/aromatic N) is 1. The van der Waals surface area contributed by atoms with E-state index in [1.807, 2.05) is 46.7 Å². The predicted molar refractivity (Wildman–Crippen MR) is 159 cm³/mol. The van der Waals surface area contributed by atoms with Crippen molar-refractivity contribution in [1.82, 2.24) is 0 Å². The Hall–Kier alpha value is -4.20. The number of anilines is 1. The Kier molecular flexibility index (Phi) is 5.92. The zero-order valence-electron chi connectivity index (χ0n) is 22.2. The van der Waals surface area contributed by atoms with Gasteiger partial charge in [-0.2, -0.15) is 0 Å². The Bertz CT molecular complexity index is 1740. The van der Waals surface area contributed by atoms with Crippen LogP contribution in [0, 0.1) is 5.41 Å². The number of fused-ring (bicyclic) bond motifs is 5. The van der Waals surface area contributed by atoms with E-state index in [9.17, 15) is 14.4 Å². The lowest BCUT2D eigenvalue weighted by Gasteiger charge is -2.37. The van der Waals surface area contributed by atoms with Crippen molar-refractivity contribution in [2.24, 2.45) is 5.41 Å². The van der Waals surface area contributed by atoms with Gasteiger partial charge in [0.25, 0.3) is 0 Å². The molecule has 1 aromatic heterocycles. The molecule has 0 amide bonds. The molecular formula is C33H24ClNO5S. The van der Waals surface area contributed by atoms with E-state index in [4.69, 9.17) is 21.1 Å². The van der Waals surface area contributed by atoms with Crippen LogP contribution in [0.2, 0.25) is 5.02 Å². The number of benzene rings is 3. The van der Waals surface area contributed by atoms with Gasteiger partial charge in [0.15, 0.2) is 28.8 Å². The van der Waals surface area contributed by atoms with Gasteiger partial charge in [0.2, 0.25) is 0 Å². The molecule has 1 aliphatic carbocycles. The molecule has 3 heterocycles. The Morgan fingerprint density at radius 3 is 2.29 bits per heavy atom. The average molecular weight is 582 g/mol. The van der Waals surface area contributed by atoms with Crippen LogP contribution in [0.5, 0.6) is 11.5 Å². The summed E-state index contributed by atoms with van der Waals surface area (Å²) in [5.74, 6) is -0.595. The Labute approximate surface area is 245 Å². The summed E-state index contributed by atoms with van der Waals surface area (Å²) in [5.41, 5.74) is 1.37. The molecule has 3 atom stereocenters. The summed E-state index contributed by atoms with van der Waals surface area (Å²) >= 11 is 7.70. The quantitative estimate of drug-likeness (QED) is 0.192. The molecule has 1 fully saturated rings. The summed E-state index contributed by atoms with van der Waals surface area (Å²) in [7, 11) is 3.08. The Morgan fingerprint density at radius 2 is 1.63 bits per heavy atom. The van der Waals surface area contributed by atoms with E-state index < -0.39 is 23.4 Å². The molecule has 2 aliphatic heterocycles. The second-order valence-corrected chi connectivity index (χ2v) is 11.7. The van der Waals surface area contributed by atoms with Gasteiger partial charge in [0.1, 0.15) is 11.5 Å². The number of thiophene rings is 1. The van der Waals surface area contributed by atoms with Gasteiger partial charge >= 0.3 is 0 Å². The van der Waals surface area contributed by atoms with Crippen LogP contribution >= 0.6 is 22.9 Å². The topological polar surface area (TPSA) is 72.9 Å². The second kappa shape index (κ2) is 9.43. The average Bonchev–Trinajstić information content (AvgIpc) is 3.70. The standard InChI is InChI=1S/C33H24ClNO5S/c1-39-24-13-9-19(17-25(24)40-2)28-29(30(36)26-8-5-15-41-26)35-23-12-11-20(34)16-18(23)10-14-27(35)33(28)31(37)21-6-3-4-7-22(21)32(33)38/h3-17,27-29H,1-2H3/t27-,28-,29-/m1/s1. The van der Waals surface area contributed by atoms with E-state index in [2.05, 4.69) is 0 Å². The smallest absolute Gasteiger partial charge is 0.195 e. The number of ether oxygens (including phenoxy) is 2. The van der Waals surface area contributed by atoms with Crippen molar-refractivity contribution in [3.05, 3.63) is 116 Å². The molecule has 4 aromatic rings. The molecule has 0 unspecified atom stereocenters. The Morgan fingerprint density at radius 1 is 0.902 bits per heavy atom. The van der Waals surface area contributed by atoms with Crippen molar-refractivity contribution in [3.63, 3.8) is 0 Å². The van der Waals surface area contributed by atoms with Crippen molar-refractivity contribution in [2.45, 2.75) is 18.0 Å². The molecular weight excluding hydrogens is 558 g/mol. The van der Waals surface area contributed by atoms with E-state index in [-0.39, 0.29) is 17.3 Å². The number of hydrogen-bond acceptors (Lipinski definition) is 7. The molecule has 1 spiro atoms. The maximum atomic E-state index is 14.7. The van der Waals surface area contributed by atoms with Gasteiger partial charge < -0.3 is 14.4 Å². The predicted octanol–water partition coefficient (Wildman–Crippen LogP) is 6.74. The first kappa shape index (κ1) is 25.7. The summed E-state index contributed by atoms with van der Waals surface area (Å²) in [5, 5.41) is 2.41. The number of Topliss-reactive ketones (excluding diaryl/α,β-unsaturated/α-hetero) is 3. The minimum atomic E-state index is -1.59. The molecule has 3 aliphatic rings. The highest BCUT2D eigenvalue weighted by Gasteiger charge is 2.71. The van der Waals surface area contributed by atoms with Gasteiger partial charge in [0.05, 0.1) is 25.1 Å². The fourth-order valence-corrected chi connectivity index (χ4v) is 7.81. The summed E-state index contributed by atoms with van der Waals surface area (Å²) < 4.78 is 11.1. The molecule has 8 heteroatoms. The van der Waals surface area contributed by atoms with Gasteiger partial charge in [-0.1, -0.05) is 60.2 Å². The van der Waals surface area contributed by atoms with Crippen LogP contribution in [-0.2, 0) is 0 Å². The van der Waals surface area contributed by atoms with Crippen molar-refractivity contribution in [3.8, 4) is 11.5 Å². The minimum Gasteiger partial charge on any atom is -0.493 e. The molecule has 0 radical (unpaired) electrons. The fraction of sp³-hybridized carbons (Fsp3) is 0.182. The zero-order valence-corrected chi connectivity index (χ0v) is 23.7. The lowest BCUT2D eigenvalue weighted by Crippen LogP contribution is -2.48. The van der Waals surface area contributed by atoms with Gasteiger partial charge in [-0.3, -0.25) is 14.4 Å². The molecule has 204 valence electrons. The molecule has 7 rings (SSSR count). The lowest BCUT2D eigenvalue weighted by atomic mass is 9.64. The van der Waals surface area contributed by atoms with Crippen molar-refractivity contribution >= 4 is 52.1 Å². The molecule has 0 saturated carbocycles. The van der Waals surface area contributed by atoms with Crippen LogP contribution in [0.15, 0.2) is 84.3 Å². The first-order valence-electron chi connectivity index (χ1n) is 13.2. The molecule has 1 saturated heterocycles.